The Labute approximate surface area is 142 Å². The molecule has 2 aliphatic heterocycles. The fourth-order valence-corrected chi connectivity index (χ4v) is 3.43. The Hall–Kier alpha value is -2.11. The van der Waals surface area contributed by atoms with Crippen LogP contribution in [-0.2, 0) is 4.74 Å². The molecule has 0 aromatic carbocycles. The van der Waals surface area contributed by atoms with Gasteiger partial charge in [-0.15, -0.1) is 0 Å². The van der Waals surface area contributed by atoms with Crippen molar-refractivity contribution in [2.45, 2.75) is 64.1 Å². The Morgan fingerprint density at radius 3 is 2.54 bits per heavy atom. The van der Waals surface area contributed by atoms with Crippen molar-refractivity contribution in [1.29, 1.82) is 0 Å². The quantitative estimate of drug-likeness (QED) is 0.831. The Morgan fingerprint density at radius 1 is 1.25 bits per heavy atom. The minimum absolute atomic E-state index is 0.0875. The molecule has 1 amide bonds. The van der Waals surface area contributed by atoms with Crippen LogP contribution in [0.3, 0.4) is 0 Å². The summed E-state index contributed by atoms with van der Waals surface area (Å²) < 4.78 is 10.6. The zero-order chi connectivity index (χ0) is 17.3. The van der Waals surface area contributed by atoms with E-state index in [0.29, 0.717) is 6.01 Å². The molecule has 2 aliphatic rings. The number of ether oxygens (including phenoxy) is 2. The van der Waals surface area contributed by atoms with E-state index in [4.69, 9.17) is 9.47 Å². The van der Waals surface area contributed by atoms with E-state index in [0.717, 1.165) is 31.2 Å². The summed E-state index contributed by atoms with van der Waals surface area (Å²) in [4.78, 5) is 22.9. The third-order valence-electron chi connectivity index (χ3n) is 4.42. The Kier molecular flexibility index (Phi) is 4.47. The van der Waals surface area contributed by atoms with Gasteiger partial charge in [-0.3, -0.25) is 4.90 Å². The number of methoxy groups -OCH3 is 1. The molecule has 0 N–H and O–H groups in total. The van der Waals surface area contributed by atoms with Crippen molar-refractivity contribution in [1.82, 2.24) is 14.9 Å². The Bertz CT molecular complexity index is 634. The Morgan fingerprint density at radius 2 is 1.96 bits per heavy atom. The number of fused-ring (bicyclic) bond motifs is 2. The van der Waals surface area contributed by atoms with Gasteiger partial charge >= 0.3 is 12.1 Å². The average molecular weight is 331 g/mol. The normalized spacial score (nSPS) is 23.5. The van der Waals surface area contributed by atoms with Gasteiger partial charge < -0.3 is 9.47 Å². The summed E-state index contributed by atoms with van der Waals surface area (Å²) in [5.41, 5.74) is 1.72. The fourth-order valence-electron chi connectivity index (χ4n) is 3.43. The molecule has 2 unspecified atom stereocenters. The number of rotatable bonds is 2. The first-order valence-electron chi connectivity index (χ1n) is 8.46. The third kappa shape index (κ3) is 3.52. The monoisotopic (exact) mass is 331 g/mol. The molecule has 2 atom stereocenters. The number of amides is 1. The average Bonchev–Trinajstić information content (AvgIpc) is 2.52. The van der Waals surface area contributed by atoms with Crippen molar-refractivity contribution >= 4 is 11.7 Å². The standard InChI is InChI=1S/C18H25N3O3/c1-18(2,3)24-17(22)21-14-6-5-7-15(21)9-12(8-14)13-10-19-16(23-4)20-11-13/h8,10-11,14-15H,5-7,9H2,1-4H3. The van der Waals surface area contributed by atoms with Crippen molar-refractivity contribution in [2.24, 2.45) is 0 Å². The molecule has 2 bridgehead atoms. The summed E-state index contributed by atoms with van der Waals surface area (Å²) >= 11 is 0. The van der Waals surface area contributed by atoms with E-state index in [1.54, 1.807) is 19.5 Å². The molecule has 3 rings (SSSR count). The maximum absolute atomic E-state index is 12.6. The van der Waals surface area contributed by atoms with E-state index in [1.807, 2.05) is 25.7 Å². The SMILES string of the molecule is COc1ncc(C2=CC3CCCC(C2)N3C(=O)OC(C)(C)C)cn1. The van der Waals surface area contributed by atoms with Crippen LogP contribution in [-0.4, -0.2) is 45.8 Å². The first kappa shape index (κ1) is 16.7. The summed E-state index contributed by atoms with van der Waals surface area (Å²) in [6.07, 6.45) is 9.46. The lowest BCUT2D eigenvalue weighted by molar-refractivity contribution is 0.0000850. The van der Waals surface area contributed by atoms with Gasteiger partial charge in [0.15, 0.2) is 0 Å². The second-order valence-electron chi connectivity index (χ2n) is 7.39. The van der Waals surface area contributed by atoms with Gasteiger partial charge in [-0.05, 0) is 52.0 Å². The fraction of sp³-hybridized carbons (Fsp3) is 0.611. The molecule has 0 saturated carbocycles. The predicted octanol–water partition coefficient (Wildman–Crippen LogP) is 3.43. The lowest BCUT2D eigenvalue weighted by Crippen LogP contribution is -2.53. The summed E-state index contributed by atoms with van der Waals surface area (Å²) in [7, 11) is 1.55. The molecule has 24 heavy (non-hydrogen) atoms. The molecule has 1 aromatic rings. The van der Waals surface area contributed by atoms with Gasteiger partial charge in [0.05, 0.1) is 13.2 Å². The van der Waals surface area contributed by atoms with Gasteiger partial charge in [0.25, 0.3) is 0 Å². The highest BCUT2D eigenvalue weighted by molar-refractivity contribution is 5.74. The van der Waals surface area contributed by atoms with Crippen LogP contribution in [0.25, 0.3) is 5.57 Å². The van der Waals surface area contributed by atoms with E-state index in [-0.39, 0.29) is 18.2 Å². The molecule has 0 aliphatic carbocycles. The van der Waals surface area contributed by atoms with Gasteiger partial charge in [-0.25, -0.2) is 14.8 Å². The summed E-state index contributed by atoms with van der Waals surface area (Å²) in [5.74, 6) is 0. The summed E-state index contributed by atoms with van der Waals surface area (Å²) in [6.45, 7) is 5.71. The van der Waals surface area contributed by atoms with Crippen LogP contribution in [0.2, 0.25) is 0 Å². The van der Waals surface area contributed by atoms with Crippen LogP contribution in [0, 0.1) is 0 Å². The number of carbonyl (C=O) groups excluding carboxylic acids is 1. The third-order valence-corrected chi connectivity index (χ3v) is 4.42. The van der Waals surface area contributed by atoms with Crippen LogP contribution < -0.4 is 4.74 Å². The molecule has 1 saturated heterocycles. The van der Waals surface area contributed by atoms with Crippen molar-refractivity contribution in [3.05, 3.63) is 24.0 Å². The number of piperidine rings is 1. The van der Waals surface area contributed by atoms with E-state index in [1.165, 1.54) is 5.57 Å². The van der Waals surface area contributed by atoms with Crippen LogP contribution >= 0.6 is 0 Å². The summed E-state index contributed by atoms with van der Waals surface area (Å²) in [6, 6.07) is 0.635. The predicted molar refractivity (Wildman–Crippen MR) is 90.7 cm³/mol. The highest BCUT2D eigenvalue weighted by Gasteiger charge is 2.39. The second-order valence-corrected chi connectivity index (χ2v) is 7.39. The number of nitrogens with zero attached hydrogens (tertiary/aromatic N) is 3. The minimum Gasteiger partial charge on any atom is -0.467 e. The molecule has 130 valence electrons. The van der Waals surface area contributed by atoms with Crippen molar-refractivity contribution < 1.29 is 14.3 Å². The maximum Gasteiger partial charge on any atom is 0.411 e. The topological polar surface area (TPSA) is 64.5 Å². The van der Waals surface area contributed by atoms with E-state index >= 15 is 0 Å². The summed E-state index contributed by atoms with van der Waals surface area (Å²) in [5, 5.41) is 0. The van der Waals surface area contributed by atoms with E-state index in [2.05, 4.69) is 16.0 Å². The smallest absolute Gasteiger partial charge is 0.411 e. The second kappa shape index (κ2) is 6.42. The lowest BCUT2D eigenvalue weighted by Gasteiger charge is -2.45. The van der Waals surface area contributed by atoms with Crippen molar-refractivity contribution in [2.75, 3.05) is 7.11 Å². The molecule has 6 heteroatoms. The van der Waals surface area contributed by atoms with E-state index in [9.17, 15) is 4.79 Å². The molecule has 6 nitrogen and oxygen atoms in total. The molecule has 1 aromatic heterocycles. The van der Waals surface area contributed by atoms with E-state index < -0.39 is 5.60 Å². The minimum atomic E-state index is -0.473. The van der Waals surface area contributed by atoms with Crippen LogP contribution in [0.5, 0.6) is 6.01 Å². The molecular formula is C18H25N3O3. The zero-order valence-electron chi connectivity index (χ0n) is 14.8. The van der Waals surface area contributed by atoms with Gasteiger partial charge in [-0.1, -0.05) is 6.08 Å². The number of aromatic nitrogens is 2. The van der Waals surface area contributed by atoms with Crippen molar-refractivity contribution in [3.63, 3.8) is 0 Å². The zero-order valence-corrected chi connectivity index (χ0v) is 14.8. The van der Waals surface area contributed by atoms with Crippen molar-refractivity contribution in [3.8, 4) is 6.01 Å². The lowest BCUT2D eigenvalue weighted by atomic mass is 9.83. The highest BCUT2D eigenvalue weighted by Crippen LogP contribution is 2.37. The molecule has 3 heterocycles. The molecule has 0 radical (unpaired) electrons. The van der Waals surface area contributed by atoms with Gasteiger partial charge in [0.1, 0.15) is 5.60 Å². The maximum atomic E-state index is 12.6. The first-order valence-corrected chi connectivity index (χ1v) is 8.46. The van der Waals surface area contributed by atoms with Crippen LogP contribution in [0.15, 0.2) is 18.5 Å². The first-order chi connectivity index (χ1) is 11.4. The number of hydrogen-bond donors (Lipinski definition) is 0. The van der Waals surface area contributed by atoms with Gasteiger partial charge in [0.2, 0.25) is 0 Å². The van der Waals surface area contributed by atoms with Crippen LogP contribution in [0.4, 0.5) is 4.79 Å². The molecular weight excluding hydrogens is 306 g/mol. The molecule has 0 spiro atoms. The largest absolute Gasteiger partial charge is 0.467 e. The number of carbonyl (C=O) groups is 1. The van der Waals surface area contributed by atoms with Gasteiger partial charge in [-0.2, -0.15) is 0 Å². The van der Waals surface area contributed by atoms with Crippen LogP contribution in [0.1, 0.15) is 52.0 Å². The Balaban J connectivity index is 1.82. The molecule has 1 fully saturated rings. The number of hydrogen-bond acceptors (Lipinski definition) is 5. The highest BCUT2D eigenvalue weighted by atomic mass is 16.6. The van der Waals surface area contributed by atoms with Gasteiger partial charge in [0, 0.05) is 24.0 Å².